The second-order valence-electron chi connectivity index (χ2n) is 6.19. The summed E-state index contributed by atoms with van der Waals surface area (Å²) in [5.74, 6) is 0.898. The summed E-state index contributed by atoms with van der Waals surface area (Å²) in [7, 11) is 5.72. The van der Waals surface area contributed by atoms with Crippen molar-refractivity contribution >= 4 is 28.8 Å². The third-order valence-corrected chi connectivity index (χ3v) is 4.37. The van der Waals surface area contributed by atoms with Crippen molar-refractivity contribution in [2.45, 2.75) is 13.0 Å². The fraction of sp³-hybridized carbons (Fsp3) is 0.300. The molecule has 0 saturated carbocycles. The molecule has 2 rings (SSSR count). The number of rotatable bonds is 7. The van der Waals surface area contributed by atoms with Gasteiger partial charge in [-0.2, -0.15) is 0 Å². The minimum absolute atomic E-state index is 0.0443. The predicted molar refractivity (Wildman–Crippen MR) is 110 cm³/mol. The molecule has 0 saturated heterocycles. The van der Waals surface area contributed by atoms with Gasteiger partial charge in [0.05, 0.1) is 13.2 Å². The first kappa shape index (κ1) is 19.9. The molecule has 0 amide bonds. The maximum atomic E-state index is 11.3. The molecule has 0 fully saturated rings. The van der Waals surface area contributed by atoms with Gasteiger partial charge in [0.15, 0.2) is 10.9 Å². The maximum Gasteiger partial charge on any atom is 0.170 e. The Morgan fingerprint density at radius 3 is 2.38 bits per heavy atom. The van der Waals surface area contributed by atoms with Crippen molar-refractivity contribution in [3.8, 4) is 5.75 Å². The lowest BCUT2D eigenvalue weighted by Gasteiger charge is -2.27. The van der Waals surface area contributed by atoms with Crippen molar-refractivity contribution in [2.75, 3.05) is 33.1 Å². The van der Waals surface area contributed by atoms with Gasteiger partial charge in [-0.3, -0.25) is 4.79 Å². The molecule has 2 aromatic carbocycles. The van der Waals surface area contributed by atoms with Crippen molar-refractivity contribution in [1.82, 2.24) is 10.2 Å². The normalized spacial score (nSPS) is 11.7. The Morgan fingerprint density at radius 1 is 1.15 bits per heavy atom. The molecule has 0 aromatic heterocycles. The number of thiocarbonyl (C=S) groups is 1. The van der Waals surface area contributed by atoms with E-state index in [1.165, 1.54) is 0 Å². The van der Waals surface area contributed by atoms with Crippen LogP contribution in [0.1, 0.15) is 28.9 Å². The first-order chi connectivity index (χ1) is 12.4. The van der Waals surface area contributed by atoms with Crippen LogP contribution in [-0.2, 0) is 0 Å². The van der Waals surface area contributed by atoms with Crippen LogP contribution in [-0.4, -0.2) is 43.5 Å². The molecule has 138 valence electrons. The Balaban J connectivity index is 2.00. The molecule has 26 heavy (non-hydrogen) atoms. The molecular weight excluding hydrogens is 346 g/mol. The van der Waals surface area contributed by atoms with Gasteiger partial charge in [-0.1, -0.05) is 18.2 Å². The molecule has 0 spiro atoms. The highest BCUT2D eigenvalue weighted by atomic mass is 32.1. The zero-order chi connectivity index (χ0) is 19.1. The van der Waals surface area contributed by atoms with Crippen molar-refractivity contribution in [2.24, 2.45) is 0 Å². The Bertz CT molecular complexity index is 760. The van der Waals surface area contributed by atoms with Crippen LogP contribution < -0.4 is 15.4 Å². The van der Waals surface area contributed by atoms with E-state index in [1.54, 1.807) is 26.2 Å². The number of hydrogen-bond acceptors (Lipinski definition) is 4. The number of methoxy groups -OCH3 is 1. The monoisotopic (exact) mass is 371 g/mol. The summed E-state index contributed by atoms with van der Waals surface area (Å²) < 4.78 is 5.48. The van der Waals surface area contributed by atoms with E-state index < -0.39 is 0 Å². The van der Waals surface area contributed by atoms with Crippen molar-refractivity contribution in [1.29, 1.82) is 0 Å². The van der Waals surface area contributed by atoms with Gasteiger partial charge in [0.25, 0.3) is 0 Å². The number of ketones is 1. The average molecular weight is 372 g/mol. The number of para-hydroxylation sites is 1. The highest BCUT2D eigenvalue weighted by Crippen LogP contribution is 2.27. The van der Waals surface area contributed by atoms with Crippen molar-refractivity contribution in [3.05, 3.63) is 59.7 Å². The van der Waals surface area contributed by atoms with Crippen LogP contribution >= 0.6 is 12.2 Å². The predicted octanol–water partition coefficient (Wildman–Crippen LogP) is 3.49. The fourth-order valence-electron chi connectivity index (χ4n) is 2.67. The molecule has 2 N–H and O–H groups in total. The lowest BCUT2D eigenvalue weighted by atomic mass is 10.0. The summed E-state index contributed by atoms with van der Waals surface area (Å²) in [6.45, 7) is 2.18. The Kier molecular flexibility index (Phi) is 7.12. The fourth-order valence-corrected chi connectivity index (χ4v) is 2.87. The molecular formula is C20H25N3O2S. The maximum absolute atomic E-state index is 11.3. The van der Waals surface area contributed by atoms with E-state index >= 15 is 0 Å². The number of Topliss-reactive ketones (excluding diaryl/α,β-unsaturated/α-hetero) is 1. The number of nitrogens with one attached hydrogen (secondary N) is 2. The van der Waals surface area contributed by atoms with Crippen LogP contribution in [0.25, 0.3) is 0 Å². The van der Waals surface area contributed by atoms with Gasteiger partial charge < -0.3 is 20.3 Å². The minimum Gasteiger partial charge on any atom is -0.496 e. The molecule has 2 aromatic rings. The summed E-state index contributed by atoms with van der Waals surface area (Å²) >= 11 is 5.40. The summed E-state index contributed by atoms with van der Waals surface area (Å²) in [6, 6.07) is 15.3. The number of hydrogen-bond donors (Lipinski definition) is 2. The van der Waals surface area contributed by atoms with Gasteiger partial charge in [0.2, 0.25) is 0 Å². The standard InChI is InChI=1S/C20H25N3O2S/c1-14(24)15-9-11-16(12-10-15)22-20(26)21-13-18(23(2)3)17-7-5-6-8-19(17)25-4/h5-12,18H,13H2,1-4H3,(H2,21,22,26)/t18-/m0/s1. The van der Waals surface area contributed by atoms with Crippen LogP contribution in [0, 0.1) is 0 Å². The Hall–Kier alpha value is -2.44. The quantitative estimate of drug-likeness (QED) is 0.574. The van der Waals surface area contributed by atoms with Crippen LogP contribution in [0.2, 0.25) is 0 Å². The van der Waals surface area contributed by atoms with Gasteiger partial charge in [-0.25, -0.2) is 0 Å². The number of likely N-dealkylation sites (N-methyl/N-ethyl adjacent to an activating group) is 1. The third-order valence-electron chi connectivity index (χ3n) is 4.13. The molecule has 5 nitrogen and oxygen atoms in total. The van der Waals surface area contributed by atoms with E-state index in [2.05, 4.69) is 21.6 Å². The van der Waals surface area contributed by atoms with Gasteiger partial charge in [0, 0.05) is 23.4 Å². The van der Waals surface area contributed by atoms with Gasteiger partial charge in [0.1, 0.15) is 5.75 Å². The minimum atomic E-state index is 0.0443. The van der Waals surface area contributed by atoms with Crippen LogP contribution in [0.15, 0.2) is 48.5 Å². The smallest absolute Gasteiger partial charge is 0.170 e. The van der Waals surface area contributed by atoms with Crippen LogP contribution in [0.4, 0.5) is 5.69 Å². The van der Waals surface area contributed by atoms with E-state index in [9.17, 15) is 4.79 Å². The Labute approximate surface area is 160 Å². The first-order valence-corrected chi connectivity index (χ1v) is 8.78. The number of ether oxygens (including phenoxy) is 1. The lowest BCUT2D eigenvalue weighted by molar-refractivity contribution is 0.101. The van der Waals surface area contributed by atoms with Crippen LogP contribution in [0.3, 0.4) is 0 Å². The topological polar surface area (TPSA) is 53.6 Å². The Morgan fingerprint density at radius 2 is 1.81 bits per heavy atom. The molecule has 0 aliphatic carbocycles. The number of benzene rings is 2. The van der Waals surface area contributed by atoms with Gasteiger partial charge in [-0.05, 0) is 63.6 Å². The zero-order valence-corrected chi connectivity index (χ0v) is 16.4. The lowest BCUT2D eigenvalue weighted by Crippen LogP contribution is -2.36. The molecule has 6 heteroatoms. The molecule has 0 radical (unpaired) electrons. The molecule has 0 aliphatic rings. The third kappa shape index (κ3) is 5.28. The molecule has 0 bridgehead atoms. The number of carbonyl (C=O) groups excluding carboxylic acids is 1. The number of anilines is 1. The van der Waals surface area contributed by atoms with Gasteiger partial charge in [-0.15, -0.1) is 0 Å². The average Bonchev–Trinajstić information content (AvgIpc) is 2.62. The van der Waals surface area contributed by atoms with E-state index in [-0.39, 0.29) is 11.8 Å². The van der Waals surface area contributed by atoms with Crippen molar-refractivity contribution < 1.29 is 9.53 Å². The van der Waals surface area contributed by atoms with Crippen molar-refractivity contribution in [3.63, 3.8) is 0 Å². The summed E-state index contributed by atoms with van der Waals surface area (Å²) in [6.07, 6.45) is 0. The summed E-state index contributed by atoms with van der Waals surface area (Å²) in [5.41, 5.74) is 2.62. The zero-order valence-electron chi connectivity index (χ0n) is 15.6. The van der Waals surface area contributed by atoms with Crippen LogP contribution in [0.5, 0.6) is 5.75 Å². The van der Waals surface area contributed by atoms with E-state index in [0.717, 1.165) is 17.0 Å². The highest BCUT2D eigenvalue weighted by Gasteiger charge is 2.18. The molecule has 0 heterocycles. The molecule has 1 atom stereocenters. The van der Waals surface area contributed by atoms with E-state index in [1.807, 2.05) is 44.4 Å². The summed E-state index contributed by atoms with van der Waals surface area (Å²) in [5, 5.41) is 6.93. The van der Waals surface area contributed by atoms with E-state index in [0.29, 0.717) is 17.2 Å². The first-order valence-electron chi connectivity index (χ1n) is 8.37. The molecule has 0 unspecified atom stereocenters. The second kappa shape index (κ2) is 9.31. The van der Waals surface area contributed by atoms with Gasteiger partial charge >= 0.3 is 0 Å². The SMILES string of the molecule is COc1ccccc1[C@H](CNC(=S)Nc1ccc(C(C)=O)cc1)N(C)C. The largest absolute Gasteiger partial charge is 0.496 e. The molecule has 0 aliphatic heterocycles. The van der Waals surface area contributed by atoms with E-state index in [4.69, 9.17) is 17.0 Å². The highest BCUT2D eigenvalue weighted by molar-refractivity contribution is 7.80. The number of carbonyl (C=O) groups is 1. The second-order valence-corrected chi connectivity index (χ2v) is 6.60. The number of nitrogens with zero attached hydrogens (tertiary/aromatic N) is 1. The summed E-state index contributed by atoms with van der Waals surface area (Å²) in [4.78, 5) is 13.5.